The van der Waals surface area contributed by atoms with Crippen molar-refractivity contribution >= 4 is 28.3 Å². The van der Waals surface area contributed by atoms with E-state index in [0.717, 1.165) is 5.39 Å². The second-order valence-corrected chi connectivity index (χ2v) is 7.27. The molecule has 3 aromatic rings. The molecule has 1 amide bonds. The molecule has 0 atom stereocenters. The van der Waals surface area contributed by atoms with Gasteiger partial charge in [-0.25, -0.2) is 14.4 Å². The zero-order chi connectivity index (χ0) is 20.4. The fourth-order valence-corrected chi connectivity index (χ4v) is 3.35. The summed E-state index contributed by atoms with van der Waals surface area (Å²) in [7, 11) is 0. The Kier molecular flexibility index (Phi) is 5.63. The molecule has 0 aromatic carbocycles. The minimum atomic E-state index is -0.241. The molecule has 148 valence electrons. The number of fused-ring (bicyclic) bond motifs is 3. The molecule has 7 nitrogen and oxygen atoms in total. The number of amides is 1. The molecular weight excluding hydrogens is 354 g/mol. The molecule has 0 saturated carbocycles. The maximum absolute atomic E-state index is 13.5. The maximum Gasteiger partial charge on any atom is 0.259 e. The summed E-state index contributed by atoms with van der Waals surface area (Å²) in [5, 5.41) is 4.16. The summed E-state index contributed by atoms with van der Waals surface area (Å²) in [6.45, 7) is 11.7. The van der Waals surface area contributed by atoms with Gasteiger partial charge in [-0.3, -0.25) is 9.59 Å². The first kappa shape index (κ1) is 19.8. The summed E-state index contributed by atoms with van der Waals surface area (Å²) in [6.07, 6.45) is 1.65. The Morgan fingerprint density at radius 1 is 1.25 bits per heavy atom. The van der Waals surface area contributed by atoms with Crippen LogP contribution in [-0.4, -0.2) is 44.8 Å². The molecular formula is C21H27N5O2. The summed E-state index contributed by atoms with van der Waals surface area (Å²) in [5.74, 6) is 0.240. The third-order valence-corrected chi connectivity index (χ3v) is 4.74. The Bertz CT molecular complexity index is 1080. The van der Waals surface area contributed by atoms with E-state index in [2.05, 4.69) is 29.1 Å². The van der Waals surface area contributed by atoms with Gasteiger partial charge >= 0.3 is 0 Å². The zero-order valence-electron chi connectivity index (χ0n) is 17.1. The van der Waals surface area contributed by atoms with Gasteiger partial charge in [0.1, 0.15) is 5.56 Å². The highest BCUT2D eigenvalue weighted by atomic mass is 16.2. The Morgan fingerprint density at radius 2 is 1.96 bits per heavy atom. The molecule has 0 saturated heterocycles. The van der Waals surface area contributed by atoms with E-state index < -0.39 is 0 Å². The molecule has 0 bridgehead atoms. The highest BCUT2D eigenvalue weighted by Gasteiger charge is 2.25. The average Bonchev–Trinajstić information content (AvgIpc) is 2.65. The quantitative estimate of drug-likeness (QED) is 0.664. The second kappa shape index (κ2) is 7.96. The molecule has 0 spiro atoms. The smallest absolute Gasteiger partial charge is 0.259 e. The van der Waals surface area contributed by atoms with Crippen LogP contribution in [0.25, 0.3) is 16.7 Å². The van der Waals surface area contributed by atoms with Crippen LogP contribution in [0.3, 0.4) is 0 Å². The molecule has 1 N–H and O–H groups in total. The summed E-state index contributed by atoms with van der Waals surface area (Å²) >= 11 is 0. The molecule has 3 rings (SSSR count). The molecule has 0 fully saturated rings. The van der Waals surface area contributed by atoms with Gasteiger partial charge in [-0.2, -0.15) is 0 Å². The van der Waals surface area contributed by atoms with Crippen LogP contribution in [0, 0.1) is 12.8 Å². The molecule has 0 aliphatic rings. The zero-order valence-corrected chi connectivity index (χ0v) is 17.1. The molecule has 3 heterocycles. The topological polar surface area (TPSA) is 79.6 Å². The molecule has 0 aliphatic heterocycles. The number of pyridine rings is 2. The summed E-state index contributed by atoms with van der Waals surface area (Å²) in [5.41, 5.74) is 2.28. The minimum Gasteiger partial charge on any atom is -0.383 e. The first-order chi connectivity index (χ1) is 13.4. The van der Waals surface area contributed by atoms with E-state index in [1.54, 1.807) is 18.0 Å². The van der Waals surface area contributed by atoms with Gasteiger partial charge in [0.2, 0.25) is 0 Å². The van der Waals surface area contributed by atoms with Crippen LogP contribution >= 0.6 is 0 Å². The fourth-order valence-electron chi connectivity index (χ4n) is 3.35. The first-order valence-corrected chi connectivity index (χ1v) is 9.73. The van der Waals surface area contributed by atoms with E-state index in [1.807, 2.05) is 26.0 Å². The Balaban J connectivity index is 2.48. The lowest BCUT2D eigenvalue weighted by atomic mass is 10.1. The van der Waals surface area contributed by atoms with Crippen molar-refractivity contribution in [2.24, 2.45) is 5.92 Å². The Labute approximate surface area is 164 Å². The van der Waals surface area contributed by atoms with E-state index in [4.69, 9.17) is 0 Å². The third-order valence-electron chi connectivity index (χ3n) is 4.74. The number of rotatable bonds is 6. The number of carbonyl (C=O) groups excluding carboxylic acids is 1. The standard InChI is InChI=1S/C21H27N5O2/c1-6-25(7-2)21(28)17-18(23-12-13(3)4)15-9-8-10-22-19(15)26-16(27)11-14(5)24-20(17)26/h8-11,13,23H,6-7,12H2,1-5H3. The molecule has 3 aromatic heterocycles. The van der Waals surface area contributed by atoms with E-state index in [9.17, 15) is 9.59 Å². The normalized spacial score (nSPS) is 11.4. The van der Waals surface area contributed by atoms with Gasteiger partial charge in [0.15, 0.2) is 11.3 Å². The molecule has 28 heavy (non-hydrogen) atoms. The Morgan fingerprint density at radius 3 is 2.61 bits per heavy atom. The second-order valence-electron chi connectivity index (χ2n) is 7.27. The van der Waals surface area contributed by atoms with Gasteiger partial charge < -0.3 is 10.2 Å². The monoisotopic (exact) mass is 381 g/mol. The van der Waals surface area contributed by atoms with Crippen LogP contribution in [0.5, 0.6) is 0 Å². The lowest BCUT2D eigenvalue weighted by Crippen LogP contribution is -2.33. The third kappa shape index (κ3) is 3.44. The van der Waals surface area contributed by atoms with Crippen molar-refractivity contribution < 1.29 is 4.79 Å². The van der Waals surface area contributed by atoms with Crippen LogP contribution < -0.4 is 10.9 Å². The highest BCUT2D eigenvalue weighted by molar-refractivity contribution is 6.11. The molecule has 0 unspecified atom stereocenters. The molecule has 7 heteroatoms. The van der Waals surface area contributed by atoms with Gasteiger partial charge in [-0.05, 0) is 38.8 Å². The van der Waals surface area contributed by atoms with Crippen molar-refractivity contribution in [3.63, 3.8) is 0 Å². The molecule has 0 aliphatic carbocycles. The van der Waals surface area contributed by atoms with E-state index in [0.29, 0.717) is 53.8 Å². The van der Waals surface area contributed by atoms with Gasteiger partial charge in [0, 0.05) is 43.0 Å². The molecule has 0 radical (unpaired) electrons. The highest BCUT2D eigenvalue weighted by Crippen LogP contribution is 2.30. The number of hydrogen-bond acceptors (Lipinski definition) is 5. The lowest BCUT2D eigenvalue weighted by Gasteiger charge is -2.23. The first-order valence-electron chi connectivity index (χ1n) is 9.73. The Hall–Kier alpha value is -2.96. The number of carbonyl (C=O) groups is 1. The minimum absolute atomic E-state index is 0.142. The number of anilines is 1. The summed E-state index contributed by atoms with van der Waals surface area (Å²) < 4.78 is 1.44. The van der Waals surface area contributed by atoms with Crippen LogP contribution in [0.1, 0.15) is 43.7 Å². The maximum atomic E-state index is 13.5. The number of nitrogens with one attached hydrogen (secondary N) is 1. The fraction of sp³-hybridized carbons (Fsp3) is 0.429. The number of nitrogens with zero attached hydrogens (tertiary/aromatic N) is 4. The summed E-state index contributed by atoms with van der Waals surface area (Å²) in [6, 6.07) is 5.16. The van der Waals surface area contributed by atoms with Crippen molar-refractivity contribution in [1.29, 1.82) is 0 Å². The van der Waals surface area contributed by atoms with E-state index in [1.165, 1.54) is 10.5 Å². The van der Waals surface area contributed by atoms with Crippen LogP contribution in [0.2, 0.25) is 0 Å². The van der Waals surface area contributed by atoms with Crippen LogP contribution in [-0.2, 0) is 0 Å². The van der Waals surface area contributed by atoms with Gasteiger partial charge in [0.25, 0.3) is 11.5 Å². The van der Waals surface area contributed by atoms with Crippen LogP contribution in [0.15, 0.2) is 29.2 Å². The van der Waals surface area contributed by atoms with Gasteiger partial charge in [0.05, 0.1) is 5.69 Å². The lowest BCUT2D eigenvalue weighted by molar-refractivity contribution is 0.0775. The van der Waals surface area contributed by atoms with Crippen molar-refractivity contribution in [3.05, 3.63) is 46.0 Å². The van der Waals surface area contributed by atoms with Crippen molar-refractivity contribution in [3.8, 4) is 0 Å². The summed E-state index contributed by atoms with van der Waals surface area (Å²) in [4.78, 5) is 37.0. The van der Waals surface area contributed by atoms with Gasteiger partial charge in [-0.1, -0.05) is 13.8 Å². The number of aryl methyl sites for hydroxylation is 1. The predicted octanol–water partition coefficient (Wildman–Crippen LogP) is 3.10. The SMILES string of the molecule is CCN(CC)C(=O)c1c(NCC(C)C)c2cccnc2n2c(=O)cc(C)nc12. The number of aromatic nitrogens is 3. The predicted molar refractivity (Wildman–Crippen MR) is 112 cm³/mol. The largest absolute Gasteiger partial charge is 0.383 e. The van der Waals surface area contributed by atoms with Crippen LogP contribution in [0.4, 0.5) is 5.69 Å². The number of hydrogen-bond donors (Lipinski definition) is 1. The average molecular weight is 381 g/mol. The van der Waals surface area contributed by atoms with E-state index >= 15 is 0 Å². The van der Waals surface area contributed by atoms with E-state index in [-0.39, 0.29) is 11.5 Å². The van der Waals surface area contributed by atoms with Crippen molar-refractivity contribution in [2.45, 2.75) is 34.6 Å². The van der Waals surface area contributed by atoms with Crippen molar-refractivity contribution in [2.75, 3.05) is 25.0 Å². The van der Waals surface area contributed by atoms with Crippen molar-refractivity contribution in [1.82, 2.24) is 19.3 Å². The van der Waals surface area contributed by atoms with Gasteiger partial charge in [-0.15, -0.1) is 0 Å².